The number of halogens is 1. The molecule has 84 valence electrons. The molecule has 0 atom stereocenters. The highest BCUT2D eigenvalue weighted by molar-refractivity contribution is 5.43. The van der Waals surface area contributed by atoms with Crippen LogP contribution in [-0.4, -0.2) is 0 Å². The van der Waals surface area contributed by atoms with Crippen molar-refractivity contribution in [2.45, 2.75) is 20.4 Å². The van der Waals surface area contributed by atoms with Crippen LogP contribution in [0.4, 0.5) is 10.1 Å². The molecule has 1 heterocycles. The average Bonchev–Trinajstić information content (AvgIpc) is 2.57. The van der Waals surface area contributed by atoms with E-state index in [1.807, 2.05) is 19.9 Å². The Kier molecular flexibility index (Phi) is 2.95. The summed E-state index contributed by atoms with van der Waals surface area (Å²) in [4.78, 5) is 0. The number of furan rings is 1. The van der Waals surface area contributed by atoms with Crippen LogP contribution in [0.2, 0.25) is 0 Å². The van der Waals surface area contributed by atoms with Crippen molar-refractivity contribution in [1.29, 1.82) is 0 Å². The van der Waals surface area contributed by atoms with Gasteiger partial charge < -0.3 is 9.73 Å². The van der Waals surface area contributed by atoms with Gasteiger partial charge in [0, 0.05) is 17.8 Å². The van der Waals surface area contributed by atoms with Gasteiger partial charge in [-0.15, -0.1) is 0 Å². The van der Waals surface area contributed by atoms with E-state index in [1.54, 1.807) is 12.1 Å². The molecule has 0 spiro atoms. The minimum absolute atomic E-state index is 0.221. The number of hydrogen-bond donors (Lipinski definition) is 1. The van der Waals surface area contributed by atoms with Crippen LogP contribution in [0.5, 0.6) is 0 Å². The van der Waals surface area contributed by atoms with Gasteiger partial charge in [0.2, 0.25) is 0 Å². The first-order valence-electron chi connectivity index (χ1n) is 5.20. The fraction of sp³-hybridized carbons (Fsp3) is 0.231. The average molecular weight is 219 g/mol. The van der Waals surface area contributed by atoms with Gasteiger partial charge in [-0.1, -0.05) is 0 Å². The van der Waals surface area contributed by atoms with Crippen molar-refractivity contribution in [2.75, 3.05) is 5.32 Å². The van der Waals surface area contributed by atoms with Crippen molar-refractivity contribution in [1.82, 2.24) is 0 Å². The molecular formula is C13H14FNO. The molecule has 0 aliphatic carbocycles. The summed E-state index contributed by atoms with van der Waals surface area (Å²) in [5.41, 5.74) is 2.03. The van der Waals surface area contributed by atoms with Gasteiger partial charge in [-0.25, -0.2) is 4.39 Å². The second-order valence-corrected chi connectivity index (χ2v) is 3.80. The van der Waals surface area contributed by atoms with Crippen LogP contribution in [-0.2, 0) is 6.54 Å². The minimum Gasteiger partial charge on any atom is -0.466 e. The number of aryl methyl sites for hydroxylation is 2. The Morgan fingerprint density at radius 3 is 2.44 bits per heavy atom. The first-order chi connectivity index (χ1) is 7.65. The van der Waals surface area contributed by atoms with Gasteiger partial charge in [-0.05, 0) is 44.2 Å². The SMILES string of the molecule is Cc1cc(CNc2ccc(F)cc2)c(C)o1. The van der Waals surface area contributed by atoms with E-state index < -0.39 is 0 Å². The summed E-state index contributed by atoms with van der Waals surface area (Å²) in [5, 5.41) is 3.22. The molecule has 0 fully saturated rings. The van der Waals surface area contributed by atoms with E-state index in [-0.39, 0.29) is 5.82 Å². The largest absolute Gasteiger partial charge is 0.466 e. The molecule has 1 aromatic carbocycles. The summed E-state index contributed by atoms with van der Waals surface area (Å²) >= 11 is 0. The molecule has 0 radical (unpaired) electrons. The molecule has 0 bridgehead atoms. The van der Waals surface area contributed by atoms with Crippen LogP contribution < -0.4 is 5.32 Å². The number of anilines is 1. The molecule has 0 amide bonds. The zero-order valence-corrected chi connectivity index (χ0v) is 9.38. The smallest absolute Gasteiger partial charge is 0.123 e. The standard InChI is InChI=1S/C13H14FNO/c1-9-7-11(10(2)16-9)8-15-13-5-3-12(14)4-6-13/h3-7,15H,8H2,1-2H3. The van der Waals surface area contributed by atoms with Crippen molar-refractivity contribution in [3.63, 3.8) is 0 Å². The van der Waals surface area contributed by atoms with E-state index in [4.69, 9.17) is 4.42 Å². The first-order valence-corrected chi connectivity index (χ1v) is 5.20. The van der Waals surface area contributed by atoms with E-state index in [2.05, 4.69) is 5.32 Å². The Hall–Kier alpha value is -1.77. The van der Waals surface area contributed by atoms with Crippen LogP contribution >= 0.6 is 0 Å². The van der Waals surface area contributed by atoms with Crippen LogP contribution in [0.3, 0.4) is 0 Å². The fourth-order valence-electron chi connectivity index (χ4n) is 1.62. The second-order valence-electron chi connectivity index (χ2n) is 3.80. The molecule has 0 unspecified atom stereocenters. The van der Waals surface area contributed by atoms with Crippen molar-refractivity contribution >= 4 is 5.69 Å². The highest BCUT2D eigenvalue weighted by Crippen LogP contribution is 2.16. The Morgan fingerprint density at radius 1 is 1.19 bits per heavy atom. The molecule has 2 rings (SSSR count). The maximum absolute atomic E-state index is 12.7. The molecule has 2 nitrogen and oxygen atoms in total. The van der Waals surface area contributed by atoms with E-state index in [0.717, 1.165) is 22.8 Å². The zero-order chi connectivity index (χ0) is 11.5. The van der Waals surface area contributed by atoms with Gasteiger partial charge in [0.25, 0.3) is 0 Å². The molecular weight excluding hydrogens is 205 g/mol. The molecule has 0 aliphatic rings. The van der Waals surface area contributed by atoms with E-state index in [0.29, 0.717) is 6.54 Å². The first kappa shape index (κ1) is 10.7. The molecule has 0 saturated heterocycles. The Labute approximate surface area is 94.1 Å². The maximum Gasteiger partial charge on any atom is 0.123 e. The zero-order valence-electron chi connectivity index (χ0n) is 9.38. The van der Waals surface area contributed by atoms with E-state index >= 15 is 0 Å². The van der Waals surface area contributed by atoms with Gasteiger partial charge in [0.15, 0.2) is 0 Å². The maximum atomic E-state index is 12.7. The Morgan fingerprint density at radius 2 is 1.88 bits per heavy atom. The van der Waals surface area contributed by atoms with Crippen molar-refractivity contribution < 1.29 is 8.81 Å². The highest BCUT2D eigenvalue weighted by Gasteiger charge is 2.03. The molecule has 0 aliphatic heterocycles. The number of nitrogens with one attached hydrogen (secondary N) is 1. The lowest BCUT2D eigenvalue weighted by Gasteiger charge is -2.04. The quantitative estimate of drug-likeness (QED) is 0.852. The third-order valence-corrected chi connectivity index (χ3v) is 2.47. The Balaban J connectivity index is 2.02. The number of rotatable bonds is 3. The van der Waals surface area contributed by atoms with Gasteiger partial charge in [-0.2, -0.15) is 0 Å². The molecule has 1 aromatic heterocycles. The van der Waals surface area contributed by atoms with Gasteiger partial charge in [-0.3, -0.25) is 0 Å². The van der Waals surface area contributed by atoms with Crippen LogP contribution in [0, 0.1) is 19.7 Å². The van der Waals surface area contributed by atoms with Crippen LogP contribution in [0.15, 0.2) is 34.7 Å². The third kappa shape index (κ3) is 2.42. The van der Waals surface area contributed by atoms with Crippen molar-refractivity contribution in [2.24, 2.45) is 0 Å². The van der Waals surface area contributed by atoms with Gasteiger partial charge >= 0.3 is 0 Å². The summed E-state index contributed by atoms with van der Waals surface area (Å²) in [6.07, 6.45) is 0. The monoisotopic (exact) mass is 219 g/mol. The summed E-state index contributed by atoms with van der Waals surface area (Å²) in [7, 11) is 0. The third-order valence-electron chi connectivity index (χ3n) is 2.47. The summed E-state index contributed by atoms with van der Waals surface area (Å²) in [6, 6.07) is 8.33. The van der Waals surface area contributed by atoms with E-state index in [1.165, 1.54) is 12.1 Å². The van der Waals surface area contributed by atoms with Gasteiger partial charge in [0.05, 0.1) is 0 Å². The lowest BCUT2D eigenvalue weighted by Crippen LogP contribution is -1.99. The lowest BCUT2D eigenvalue weighted by molar-refractivity contribution is 0.501. The van der Waals surface area contributed by atoms with Crippen molar-refractivity contribution in [3.05, 3.63) is 53.2 Å². The second kappa shape index (κ2) is 4.39. The molecule has 3 heteroatoms. The predicted molar refractivity (Wildman–Crippen MR) is 61.9 cm³/mol. The highest BCUT2D eigenvalue weighted by atomic mass is 19.1. The summed E-state index contributed by atoms with van der Waals surface area (Å²) < 4.78 is 18.1. The normalized spacial score (nSPS) is 10.4. The molecule has 1 N–H and O–H groups in total. The van der Waals surface area contributed by atoms with E-state index in [9.17, 15) is 4.39 Å². The van der Waals surface area contributed by atoms with Crippen molar-refractivity contribution in [3.8, 4) is 0 Å². The molecule has 2 aromatic rings. The lowest BCUT2D eigenvalue weighted by atomic mass is 10.2. The van der Waals surface area contributed by atoms with Gasteiger partial charge in [0.1, 0.15) is 17.3 Å². The summed E-state index contributed by atoms with van der Waals surface area (Å²) in [6.45, 7) is 4.55. The van der Waals surface area contributed by atoms with Crippen LogP contribution in [0.1, 0.15) is 17.1 Å². The molecule has 16 heavy (non-hydrogen) atoms. The molecule has 0 saturated carbocycles. The number of benzene rings is 1. The number of hydrogen-bond acceptors (Lipinski definition) is 2. The topological polar surface area (TPSA) is 25.2 Å². The predicted octanol–water partition coefficient (Wildman–Crippen LogP) is 3.65. The summed E-state index contributed by atoms with van der Waals surface area (Å²) in [5.74, 6) is 1.61. The fourth-order valence-corrected chi connectivity index (χ4v) is 1.62. The Bertz CT molecular complexity index is 473. The van der Waals surface area contributed by atoms with Crippen LogP contribution in [0.25, 0.3) is 0 Å². The minimum atomic E-state index is -0.221.